The minimum atomic E-state index is -0.316. The number of pyridine rings is 1. The zero-order valence-electron chi connectivity index (χ0n) is 20.7. The number of aryl methyl sites for hydroxylation is 2. The first-order chi connectivity index (χ1) is 16.4. The lowest BCUT2D eigenvalue weighted by Crippen LogP contribution is -2.40. The molecule has 0 radical (unpaired) electrons. The van der Waals surface area contributed by atoms with Crippen molar-refractivity contribution in [2.45, 2.75) is 85.0 Å². The summed E-state index contributed by atoms with van der Waals surface area (Å²) in [5, 5.41) is 3.44. The number of carbonyl (C=O) groups excluding carboxylic acids is 1. The first-order valence-corrected chi connectivity index (χ1v) is 12.5. The molecule has 2 heterocycles. The van der Waals surface area contributed by atoms with Gasteiger partial charge in [0.2, 0.25) is 0 Å². The van der Waals surface area contributed by atoms with Gasteiger partial charge in [0, 0.05) is 30.4 Å². The summed E-state index contributed by atoms with van der Waals surface area (Å²) in [6.07, 6.45) is 6.79. The lowest BCUT2D eigenvalue weighted by Gasteiger charge is -2.21. The van der Waals surface area contributed by atoms with Crippen molar-refractivity contribution in [3.8, 4) is 11.4 Å². The van der Waals surface area contributed by atoms with Gasteiger partial charge in [0.05, 0.1) is 11.0 Å². The topological polar surface area (TPSA) is 89.0 Å². The van der Waals surface area contributed by atoms with E-state index >= 15 is 0 Å². The Morgan fingerprint density at radius 1 is 1.26 bits per heavy atom. The van der Waals surface area contributed by atoms with Crippen LogP contribution in [-0.4, -0.2) is 32.7 Å². The average molecular weight is 465 g/mol. The van der Waals surface area contributed by atoms with Gasteiger partial charge < -0.3 is 19.6 Å². The maximum atomic E-state index is 12.8. The molecule has 0 spiro atoms. The zero-order valence-corrected chi connectivity index (χ0v) is 20.7. The molecule has 1 unspecified atom stereocenters. The normalized spacial score (nSPS) is 15.3. The lowest BCUT2D eigenvalue weighted by atomic mass is 10.0. The van der Waals surface area contributed by atoms with Crippen LogP contribution in [0, 0.1) is 12.8 Å². The van der Waals surface area contributed by atoms with Gasteiger partial charge in [-0.25, -0.2) is 4.98 Å². The summed E-state index contributed by atoms with van der Waals surface area (Å²) in [6, 6.07) is 7.80. The summed E-state index contributed by atoms with van der Waals surface area (Å²) in [6.45, 7) is 9.48. The molecule has 1 aliphatic carbocycles. The summed E-state index contributed by atoms with van der Waals surface area (Å²) in [5.41, 5.74) is 4.48. The van der Waals surface area contributed by atoms with E-state index in [1.165, 1.54) is 0 Å². The second kappa shape index (κ2) is 10.6. The number of nitrogens with zero attached hydrogens (tertiary/aromatic N) is 2. The van der Waals surface area contributed by atoms with Crippen molar-refractivity contribution in [1.82, 2.24) is 19.9 Å². The fourth-order valence-corrected chi connectivity index (χ4v) is 4.78. The molecular formula is C27H36N4O3. The number of carbonyl (C=O) groups is 1. The largest absolute Gasteiger partial charge is 0.461 e. The highest BCUT2D eigenvalue weighted by atomic mass is 16.5. The third kappa shape index (κ3) is 5.41. The van der Waals surface area contributed by atoms with Crippen LogP contribution in [-0.2, 0) is 22.6 Å². The number of hydrogen-bond acceptors (Lipinski definition) is 5. The van der Waals surface area contributed by atoms with E-state index in [0.717, 1.165) is 66.6 Å². The molecule has 1 saturated carbocycles. The number of esters is 1. The van der Waals surface area contributed by atoms with Crippen LogP contribution in [0.2, 0.25) is 0 Å². The predicted molar refractivity (Wildman–Crippen MR) is 135 cm³/mol. The highest BCUT2D eigenvalue weighted by Crippen LogP contribution is 2.26. The van der Waals surface area contributed by atoms with Gasteiger partial charge in [-0.15, -0.1) is 0 Å². The van der Waals surface area contributed by atoms with Crippen molar-refractivity contribution in [2.24, 2.45) is 5.92 Å². The Bertz CT molecular complexity index is 1200. The van der Waals surface area contributed by atoms with Crippen molar-refractivity contribution < 1.29 is 9.53 Å². The Kier molecular flexibility index (Phi) is 7.51. The van der Waals surface area contributed by atoms with Crippen LogP contribution in [0.3, 0.4) is 0 Å². The fourth-order valence-electron chi connectivity index (χ4n) is 4.78. The van der Waals surface area contributed by atoms with Crippen LogP contribution in [0.4, 0.5) is 0 Å². The van der Waals surface area contributed by atoms with Crippen LogP contribution in [0.1, 0.15) is 64.0 Å². The summed E-state index contributed by atoms with van der Waals surface area (Å²) >= 11 is 0. The van der Waals surface area contributed by atoms with Gasteiger partial charge >= 0.3 is 5.97 Å². The van der Waals surface area contributed by atoms with Crippen molar-refractivity contribution in [2.75, 3.05) is 0 Å². The van der Waals surface area contributed by atoms with Gasteiger partial charge in [-0.05, 0) is 75.6 Å². The molecule has 2 N–H and O–H groups in total. The molecular weight excluding hydrogens is 428 g/mol. The van der Waals surface area contributed by atoms with E-state index in [1.54, 1.807) is 13.1 Å². The Morgan fingerprint density at radius 2 is 2.03 bits per heavy atom. The first-order valence-electron chi connectivity index (χ1n) is 12.5. The SMILES string of the molecule is CCn1c(-c2c[nH]c(=O)c(C)c2)nc2cc(CNC(CC(C)C)C(=O)OC3CCCC3)ccc21. The lowest BCUT2D eigenvalue weighted by molar-refractivity contribution is -0.151. The maximum absolute atomic E-state index is 12.8. The van der Waals surface area contributed by atoms with Crippen LogP contribution >= 0.6 is 0 Å². The van der Waals surface area contributed by atoms with E-state index in [-0.39, 0.29) is 23.7 Å². The third-order valence-electron chi connectivity index (χ3n) is 6.61. The molecule has 0 amide bonds. The summed E-state index contributed by atoms with van der Waals surface area (Å²) < 4.78 is 7.94. The summed E-state index contributed by atoms with van der Waals surface area (Å²) in [5.74, 6) is 1.09. The smallest absolute Gasteiger partial charge is 0.323 e. The van der Waals surface area contributed by atoms with Crippen molar-refractivity contribution in [3.63, 3.8) is 0 Å². The number of rotatable bonds is 9. The quantitative estimate of drug-likeness (QED) is 0.448. The number of nitrogens with one attached hydrogen (secondary N) is 2. The molecule has 0 bridgehead atoms. The van der Waals surface area contributed by atoms with Crippen molar-refractivity contribution in [1.29, 1.82) is 0 Å². The molecule has 1 aliphatic rings. The number of hydrogen-bond donors (Lipinski definition) is 2. The molecule has 182 valence electrons. The minimum absolute atomic E-state index is 0.0771. The molecule has 2 aromatic heterocycles. The molecule has 0 saturated heterocycles. The zero-order chi connectivity index (χ0) is 24.2. The Balaban J connectivity index is 1.53. The van der Waals surface area contributed by atoms with E-state index in [4.69, 9.17) is 9.72 Å². The minimum Gasteiger partial charge on any atom is -0.461 e. The predicted octanol–water partition coefficient (Wildman–Crippen LogP) is 4.71. The highest BCUT2D eigenvalue weighted by molar-refractivity contribution is 5.81. The number of aromatic nitrogens is 3. The van der Waals surface area contributed by atoms with Gasteiger partial charge in [0.1, 0.15) is 18.0 Å². The van der Waals surface area contributed by atoms with E-state index in [9.17, 15) is 9.59 Å². The molecule has 4 rings (SSSR count). The molecule has 34 heavy (non-hydrogen) atoms. The maximum Gasteiger partial charge on any atom is 0.323 e. The molecule has 1 atom stereocenters. The Labute approximate surface area is 200 Å². The third-order valence-corrected chi connectivity index (χ3v) is 6.61. The van der Waals surface area contributed by atoms with Crippen LogP contribution < -0.4 is 10.9 Å². The van der Waals surface area contributed by atoms with Crippen LogP contribution in [0.15, 0.2) is 35.3 Å². The molecule has 3 aromatic rings. The number of H-pyrrole nitrogens is 1. The van der Waals surface area contributed by atoms with Crippen LogP contribution in [0.5, 0.6) is 0 Å². The Hall–Kier alpha value is -2.93. The van der Waals surface area contributed by atoms with Crippen LogP contribution in [0.25, 0.3) is 22.4 Å². The van der Waals surface area contributed by atoms with E-state index in [1.807, 2.05) is 6.07 Å². The van der Waals surface area contributed by atoms with Crippen molar-refractivity contribution >= 4 is 17.0 Å². The van der Waals surface area contributed by atoms with Crippen molar-refractivity contribution in [3.05, 3.63) is 51.9 Å². The van der Waals surface area contributed by atoms with Gasteiger partial charge in [-0.1, -0.05) is 19.9 Å². The number of aromatic amines is 1. The van der Waals surface area contributed by atoms with Gasteiger partial charge in [-0.2, -0.15) is 0 Å². The second-order valence-electron chi connectivity index (χ2n) is 9.81. The van der Waals surface area contributed by atoms with E-state index in [2.05, 4.69) is 53.8 Å². The molecule has 7 heteroatoms. The monoisotopic (exact) mass is 464 g/mol. The first kappa shape index (κ1) is 24.2. The number of ether oxygens (including phenoxy) is 1. The summed E-state index contributed by atoms with van der Waals surface area (Å²) in [4.78, 5) is 32.3. The van der Waals surface area contributed by atoms with Gasteiger partial charge in [0.15, 0.2) is 0 Å². The number of benzene rings is 1. The Morgan fingerprint density at radius 3 is 2.71 bits per heavy atom. The second-order valence-corrected chi connectivity index (χ2v) is 9.81. The highest BCUT2D eigenvalue weighted by Gasteiger charge is 2.26. The van der Waals surface area contributed by atoms with E-state index in [0.29, 0.717) is 18.0 Å². The molecule has 1 fully saturated rings. The fraction of sp³-hybridized carbons (Fsp3) is 0.519. The molecule has 7 nitrogen and oxygen atoms in total. The number of imidazole rings is 1. The molecule has 1 aromatic carbocycles. The summed E-state index contributed by atoms with van der Waals surface area (Å²) in [7, 11) is 0. The van der Waals surface area contributed by atoms with E-state index < -0.39 is 0 Å². The number of fused-ring (bicyclic) bond motifs is 1. The average Bonchev–Trinajstić information content (AvgIpc) is 3.45. The molecule has 0 aliphatic heterocycles. The standard InChI is InChI=1S/C27H36N4O3/c1-5-31-24-11-10-19(14-22(24)30-25(31)20-13-18(4)26(32)29-16-20)15-28-23(12-17(2)3)27(33)34-21-8-6-7-9-21/h10-11,13-14,16-17,21,23,28H,5-9,12,15H2,1-4H3,(H,29,32). The van der Waals surface area contributed by atoms with Gasteiger partial charge in [0.25, 0.3) is 5.56 Å². The van der Waals surface area contributed by atoms with Gasteiger partial charge in [-0.3, -0.25) is 9.59 Å².